The van der Waals surface area contributed by atoms with Crippen LogP contribution in [0.5, 0.6) is 0 Å². The third kappa shape index (κ3) is 2.11. The summed E-state index contributed by atoms with van der Waals surface area (Å²) >= 11 is 3.39. The molecule has 3 atom stereocenters. The largest absolute Gasteiger partial charge is 0.465 e. The smallest absolute Gasteiger partial charge is 0.407 e. The van der Waals surface area contributed by atoms with Crippen molar-refractivity contribution in [2.45, 2.75) is 0 Å². The highest BCUT2D eigenvalue weighted by molar-refractivity contribution is 9.10. The van der Waals surface area contributed by atoms with Crippen LogP contribution in [0.3, 0.4) is 0 Å². The molecule has 0 spiro atoms. The van der Waals surface area contributed by atoms with Crippen molar-refractivity contribution in [2.75, 3.05) is 13.1 Å². The number of halogens is 1. The van der Waals surface area contributed by atoms with E-state index in [1.807, 2.05) is 24.3 Å². The van der Waals surface area contributed by atoms with Gasteiger partial charge in [-0.05, 0) is 36.1 Å². The van der Waals surface area contributed by atoms with Crippen molar-refractivity contribution >= 4 is 22.0 Å². The topological polar surface area (TPSA) is 40.5 Å². The molecule has 1 N–H and O–H groups in total. The summed E-state index contributed by atoms with van der Waals surface area (Å²) in [6, 6.07) is 7.92. The summed E-state index contributed by atoms with van der Waals surface area (Å²) < 4.78 is 1.05. The lowest BCUT2D eigenvalue weighted by Crippen LogP contribution is -2.29. The maximum atomic E-state index is 10.8. The molecule has 0 unspecified atom stereocenters. The Labute approximate surface area is 114 Å². The minimum atomic E-state index is -0.804. The molecule has 1 aliphatic carbocycles. The molecule has 0 bridgehead atoms. The van der Waals surface area contributed by atoms with Gasteiger partial charge in [-0.25, -0.2) is 4.79 Å². The number of amides is 1. The Morgan fingerprint density at radius 2 is 1.89 bits per heavy atom. The molecule has 4 heteroatoms. The molecule has 3 rings (SSSR count). The molecule has 2 fully saturated rings. The molecule has 0 aromatic heterocycles. The van der Waals surface area contributed by atoms with Gasteiger partial charge in [-0.2, -0.15) is 0 Å². The minimum Gasteiger partial charge on any atom is -0.465 e. The van der Waals surface area contributed by atoms with Crippen molar-refractivity contribution in [1.29, 1.82) is 0 Å². The molecule has 1 aromatic rings. The van der Waals surface area contributed by atoms with E-state index in [0.29, 0.717) is 30.8 Å². The van der Waals surface area contributed by atoms with E-state index in [4.69, 9.17) is 5.11 Å². The van der Waals surface area contributed by atoms with Gasteiger partial charge in [-0.15, -0.1) is 0 Å². The molecule has 92 valence electrons. The molecule has 1 aromatic carbocycles. The fraction of sp³-hybridized carbons (Fsp3) is 0.357. The van der Waals surface area contributed by atoms with Crippen molar-refractivity contribution in [3.05, 3.63) is 34.3 Å². The van der Waals surface area contributed by atoms with E-state index in [9.17, 15) is 4.79 Å². The van der Waals surface area contributed by atoms with Gasteiger partial charge in [-0.1, -0.05) is 27.8 Å². The number of hydrogen-bond donors (Lipinski definition) is 1. The molecule has 1 amide bonds. The molecular formula is C14H12BrNO2. The fourth-order valence-electron chi connectivity index (χ4n) is 2.60. The first-order valence-corrected chi connectivity index (χ1v) is 6.69. The Hall–Kier alpha value is -1.47. The summed E-state index contributed by atoms with van der Waals surface area (Å²) in [5.74, 6) is 7.76. The van der Waals surface area contributed by atoms with Gasteiger partial charge < -0.3 is 10.0 Å². The second-order valence-electron chi connectivity index (χ2n) is 4.82. The van der Waals surface area contributed by atoms with Crippen LogP contribution in [0, 0.1) is 29.6 Å². The van der Waals surface area contributed by atoms with E-state index in [2.05, 4.69) is 27.8 Å². The number of likely N-dealkylation sites (tertiary alicyclic amines) is 1. The van der Waals surface area contributed by atoms with Crippen molar-refractivity contribution in [2.24, 2.45) is 17.8 Å². The number of rotatable bonds is 0. The quantitative estimate of drug-likeness (QED) is 0.749. The van der Waals surface area contributed by atoms with E-state index >= 15 is 0 Å². The minimum absolute atomic E-state index is 0.393. The first-order chi connectivity index (χ1) is 8.65. The zero-order chi connectivity index (χ0) is 12.7. The monoisotopic (exact) mass is 305 g/mol. The van der Waals surface area contributed by atoms with E-state index < -0.39 is 6.09 Å². The van der Waals surface area contributed by atoms with Crippen molar-refractivity contribution in [3.63, 3.8) is 0 Å². The summed E-state index contributed by atoms with van der Waals surface area (Å²) in [5, 5.41) is 8.86. The Bertz CT molecular complexity index is 531. The number of benzene rings is 1. The van der Waals surface area contributed by atoms with Crippen LogP contribution in [0.25, 0.3) is 0 Å². The third-order valence-corrected chi connectivity index (χ3v) is 4.22. The Morgan fingerprint density at radius 1 is 1.28 bits per heavy atom. The van der Waals surface area contributed by atoms with Crippen LogP contribution in [0.2, 0.25) is 0 Å². The highest BCUT2D eigenvalue weighted by Crippen LogP contribution is 2.51. The predicted octanol–water partition coefficient (Wildman–Crippen LogP) is 2.66. The van der Waals surface area contributed by atoms with Crippen LogP contribution in [0.1, 0.15) is 5.56 Å². The van der Waals surface area contributed by atoms with Gasteiger partial charge >= 0.3 is 6.09 Å². The molecular weight excluding hydrogens is 294 g/mol. The summed E-state index contributed by atoms with van der Waals surface area (Å²) in [4.78, 5) is 12.3. The van der Waals surface area contributed by atoms with Crippen LogP contribution in [0.15, 0.2) is 28.7 Å². The van der Waals surface area contributed by atoms with Gasteiger partial charge in [0.1, 0.15) is 0 Å². The van der Waals surface area contributed by atoms with Crippen LogP contribution in [0.4, 0.5) is 4.79 Å². The number of hydrogen-bond acceptors (Lipinski definition) is 1. The second-order valence-corrected chi connectivity index (χ2v) is 5.73. The number of piperidine rings is 1. The highest BCUT2D eigenvalue weighted by atomic mass is 79.9. The molecule has 1 saturated heterocycles. The number of carboxylic acid groups (broad SMARTS) is 1. The lowest BCUT2D eigenvalue weighted by atomic mass is 10.2. The van der Waals surface area contributed by atoms with Crippen LogP contribution in [-0.4, -0.2) is 29.2 Å². The maximum absolute atomic E-state index is 10.8. The Kier molecular flexibility index (Phi) is 2.79. The van der Waals surface area contributed by atoms with Crippen molar-refractivity contribution in [3.8, 4) is 11.8 Å². The van der Waals surface area contributed by atoms with Gasteiger partial charge in [-0.3, -0.25) is 0 Å². The van der Waals surface area contributed by atoms with Crippen LogP contribution < -0.4 is 0 Å². The number of nitrogens with zero attached hydrogens (tertiary/aromatic N) is 1. The number of fused-ring (bicyclic) bond motifs is 1. The fourth-order valence-corrected chi connectivity index (χ4v) is 2.86. The normalized spacial score (nSPS) is 28.3. The molecule has 0 radical (unpaired) electrons. The van der Waals surface area contributed by atoms with Gasteiger partial charge in [0.25, 0.3) is 0 Å². The maximum Gasteiger partial charge on any atom is 0.407 e. The SMILES string of the molecule is O=C(O)N1C[C@@H]2[C@@H](C#Cc3ccc(Br)cc3)[C@@H]2C1. The zero-order valence-electron chi connectivity index (χ0n) is 9.64. The van der Waals surface area contributed by atoms with E-state index in [1.54, 1.807) is 0 Å². The average molecular weight is 306 g/mol. The van der Waals surface area contributed by atoms with Gasteiger partial charge in [0, 0.05) is 29.0 Å². The summed E-state index contributed by atoms with van der Waals surface area (Å²) in [7, 11) is 0. The second kappa shape index (κ2) is 4.33. The molecule has 1 saturated carbocycles. The predicted molar refractivity (Wildman–Crippen MR) is 71.1 cm³/mol. The lowest BCUT2D eigenvalue weighted by molar-refractivity contribution is 0.149. The Morgan fingerprint density at radius 3 is 2.44 bits per heavy atom. The van der Waals surface area contributed by atoms with Crippen molar-refractivity contribution < 1.29 is 9.90 Å². The average Bonchev–Trinajstić information content (AvgIpc) is 2.81. The summed E-state index contributed by atoms with van der Waals surface area (Å²) in [6.07, 6.45) is -0.804. The summed E-state index contributed by atoms with van der Waals surface area (Å²) in [5.41, 5.74) is 1.01. The van der Waals surface area contributed by atoms with E-state index in [-0.39, 0.29) is 0 Å². The van der Waals surface area contributed by atoms with Crippen molar-refractivity contribution in [1.82, 2.24) is 4.90 Å². The lowest BCUT2D eigenvalue weighted by Gasteiger charge is -2.13. The van der Waals surface area contributed by atoms with Gasteiger partial charge in [0.05, 0.1) is 0 Å². The standard InChI is InChI=1S/C14H12BrNO2/c15-10-4-1-9(2-5-10)3-6-11-12-7-16(14(17)18)8-13(11)12/h1-2,4-5,11-13H,7-8H2,(H,17,18)/t11-,12-,13+. The molecule has 2 aliphatic rings. The van der Waals surface area contributed by atoms with Crippen LogP contribution >= 0.6 is 15.9 Å². The van der Waals surface area contributed by atoms with Gasteiger partial charge in [0.2, 0.25) is 0 Å². The van der Waals surface area contributed by atoms with E-state index in [0.717, 1.165) is 10.0 Å². The van der Waals surface area contributed by atoms with Gasteiger partial charge in [0.15, 0.2) is 0 Å². The summed E-state index contributed by atoms with van der Waals surface area (Å²) in [6.45, 7) is 1.30. The first-order valence-electron chi connectivity index (χ1n) is 5.90. The highest BCUT2D eigenvalue weighted by Gasteiger charge is 2.56. The third-order valence-electron chi connectivity index (χ3n) is 3.69. The van der Waals surface area contributed by atoms with Crippen LogP contribution in [-0.2, 0) is 0 Å². The molecule has 1 heterocycles. The Balaban J connectivity index is 1.62. The molecule has 18 heavy (non-hydrogen) atoms. The number of carbonyl (C=O) groups is 1. The first kappa shape index (κ1) is 11.6. The molecule has 3 nitrogen and oxygen atoms in total. The van der Waals surface area contributed by atoms with E-state index in [1.165, 1.54) is 4.90 Å². The molecule has 1 aliphatic heterocycles. The zero-order valence-corrected chi connectivity index (χ0v) is 11.2.